The van der Waals surface area contributed by atoms with E-state index in [4.69, 9.17) is 4.74 Å². The Labute approximate surface area is 111 Å². The van der Waals surface area contributed by atoms with E-state index < -0.39 is 0 Å². The van der Waals surface area contributed by atoms with Gasteiger partial charge in [0.2, 0.25) is 0 Å². The van der Waals surface area contributed by atoms with Crippen molar-refractivity contribution in [3.8, 4) is 0 Å². The Kier molecular flexibility index (Phi) is 4.66. The van der Waals surface area contributed by atoms with E-state index in [1.807, 2.05) is 0 Å². The number of carbonyl (C=O) groups is 1. The first kappa shape index (κ1) is 13.9. The van der Waals surface area contributed by atoms with E-state index in [1.165, 1.54) is 39.2 Å². The number of methoxy groups -OCH3 is 1. The minimum absolute atomic E-state index is 0.0196. The summed E-state index contributed by atoms with van der Waals surface area (Å²) < 4.78 is 4.93. The molecule has 1 aliphatic carbocycles. The van der Waals surface area contributed by atoms with E-state index in [2.05, 4.69) is 18.7 Å². The summed E-state index contributed by atoms with van der Waals surface area (Å²) in [7, 11) is 1.51. The van der Waals surface area contributed by atoms with Crippen LogP contribution in [0.4, 0.5) is 0 Å². The summed E-state index contributed by atoms with van der Waals surface area (Å²) in [5.41, 5.74) is 0. The third-order valence-corrected chi connectivity index (χ3v) is 5.01. The number of rotatable bonds is 3. The number of carbonyl (C=O) groups excluding carboxylic acids is 1. The molecular formula is C15H27NO2. The second-order valence-electron chi connectivity index (χ2n) is 6.08. The van der Waals surface area contributed by atoms with Crippen LogP contribution < -0.4 is 0 Å². The normalized spacial score (nSPS) is 37.7. The molecule has 0 aromatic carbocycles. The predicted molar refractivity (Wildman–Crippen MR) is 72.3 cm³/mol. The standard InChI is InChI=1S/C15H27NO2/c1-4-12-7-5-6-8-14(12)16-9-11(2)13(10-16)15(17)18-3/h11-14H,4-10H2,1-3H3. The van der Waals surface area contributed by atoms with Gasteiger partial charge in [-0.3, -0.25) is 9.69 Å². The molecule has 0 radical (unpaired) electrons. The molecule has 4 atom stereocenters. The highest BCUT2D eigenvalue weighted by atomic mass is 16.5. The van der Waals surface area contributed by atoms with Crippen LogP contribution in [0.5, 0.6) is 0 Å². The molecule has 18 heavy (non-hydrogen) atoms. The summed E-state index contributed by atoms with van der Waals surface area (Å²) in [5.74, 6) is 1.35. The van der Waals surface area contributed by atoms with E-state index >= 15 is 0 Å². The number of hydrogen-bond acceptors (Lipinski definition) is 3. The maximum absolute atomic E-state index is 11.8. The summed E-state index contributed by atoms with van der Waals surface area (Å²) >= 11 is 0. The van der Waals surface area contributed by atoms with Gasteiger partial charge in [0, 0.05) is 19.1 Å². The first-order valence-corrected chi connectivity index (χ1v) is 7.49. The Bertz CT molecular complexity index is 292. The molecule has 0 N–H and O–H groups in total. The zero-order valence-electron chi connectivity index (χ0n) is 12.0. The largest absolute Gasteiger partial charge is 0.469 e. The minimum atomic E-state index is -0.0196. The van der Waals surface area contributed by atoms with Crippen LogP contribution in [0.3, 0.4) is 0 Å². The molecule has 1 aliphatic heterocycles. The van der Waals surface area contributed by atoms with Crippen molar-refractivity contribution in [2.45, 2.75) is 52.0 Å². The SMILES string of the molecule is CCC1CCCCC1N1CC(C)C(C(=O)OC)C1. The van der Waals surface area contributed by atoms with Crippen LogP contribution in [0.15, 0.2) is 0 Å². The second kappa shape index (κ2) is 6.05. The van der Waals surface area contributed by atoms with Crippen LogP contribution >= 0.6 is 0 Å². The first-order chi connectivity index (χ1) is 8.67. The molecule has 104 valence electrons. The van der Waals surface area contributed by atoms with Crippen LogP contribution in [0.25, 0.3) is 0 Å². The Morgan fingerprint density at radius 3 is 2.67 bits per heavy atom. The Morgan fingerprint density at radius 1 is 1.28 bits per heavy atom. The zero-order valence-corrected chi connectivity index (χ0v) is 12.0. The molecule has 0 bridgehead atoms. The molecule has 1 saturated heterocycles. The highest BCUT2D eigenvalue weighted by Gasteiger charge is 2.40. The highest BCUT2D eigenvalue weighted by Crippen LogP contribution is 2.35. The van der Waals surface area contributed by atoms with Crippen LogP contribution in [-0.4, -0.2) is 37.1 Å². The van der Waals surface area contributed by atoms with Crippen molar-refractivity contribution in [2.75, 3.05) is 20.2 Å². The molecule has 2 fully saturated rings. The first-order valence-electron chi connectivity index (χ1n) is 7.49. The smallest absolute Gasteiger partial charge is 0.310 e. The fourth-order valence-corrected chi connectivity index (χ4v) is 3.88. The van der Waals surface area contributed by atoms with E-state index in [9.17, 15) is 4.79 Å². The van der Waals surface area contributed by atoms with Gasteiger partial charge in [-0.2, -0.15) is 0 Å². The Hall–Kier alpha value is -0.570. The van der Waals surface area contributed by atoms with Crippen LogP contribution in [0.2, 0.25) is 0 Å². The van der Waals surface area contributed by atoms with Gasteiger partial charge in [-0.25, -0.2) is 0 Å². The van der Waals surface area contributed by atoms with Crippen molar-refractivity contribution in [1.82, 2.24) is 4.90 Å². The monoisotopic (exact) mass is 253 g/mol. The number of ether oxygens (including phenoxy) is 1. The van der Waals surface area contributed by atoms with Gasteiger partial charge >= 0.3 is 5.97 Å². The van der Waals surface area contributed by atoms with E-state index in [0.29, 0.717) is 12.0 Å². The van der Waals surface area contributed by atoms with Gasteiger partial charge in [0.05, 0.1) is 13.0 Å². The predicted octanol–water partition coefficient (Wildman–Crippen LogP) is 2.70. The summed E-state index contributed by atoms with van der Waals surface area (Å²) in [4.78, 5) is 14.3. The molecule has 3 heteroatoms. The molecular weight excluding hydrogens is 226 g/mol. The van der Waals surface area contributed by atoms with Crippen molar-refractivity contribution in [3.63, 3.8) is 0 Å². The van der Waals surface area contributed by atoms with Gasteiger partial charge in [-0.15, -0.1) is 0 Å². The van der Waals surface area contributed by atoms with Crippen molar-refractivity contribution in [2.24, 2.45) is 17.8 Å². The fraction of sp³-hybridized carbons (Fsp3) is 0.933. The van der Waals surface area contributed by atoms with Gasteiger partial charge in [0.1, 0.15) is 0 Å². The molecule has 1 saturated carbocycles. The van der Waals surface area contributed by atoms with Crippen molar-refractivity contribution in [1.29, 1.82) is 0 Å². The minimum Gasteiger partial charge on any atom is -0.469 e. The number of nitrogens with zero attached hydrogens (tertiary/aromatic N) is 1. The molecule has 0 aromatic heterocycles. The number of likely N-dealkylation sites (tertiary alicyclic amines) is 1. The van der Waals surface area contributed by atoms with Crippen LogP contribution in [0, 0.1) is 17.8 Å². The molecule has 0 spiro atoms. The average Bonchev–Trinajstić information content (AvgIpc) is 2.79. The van der Waals surface area contributed by atoms with Crippen molar-refractivity contribution >= 4 is 5.97 Å². The van der Waals surface area contributed by atoms with E-state index in [0.717, 1.165) is 19.0 Å². The van der Waals surface area contributed by atoms with Crippen LogP contribution in [-0.2, 0) is 9.53 Å². The lowest BCUT2D eigenvalue weighted by Gasteiger charge is -2.37. The zero-order chi connectivity index (χ0) is 13.1. The third-order valence-electron chi connectivity index (χ3n) is 5.01. The molecule has 0 amide bonds. The Balaban J connectivity index is 1.99. The van der Waals surface area contributed by atoms with Gasteiger partial charge < -0.3 is 4.74 Å². The Morgan fingerprint density at radius 2 is 2.00 bits per heavy atom. The van der Waals surface area contributed by atoms with Gasteiger partial charge in [0.15, 0.2) is 0 Å². The molecule has 0 aromatic rings. The van der Waals surface area contributed by atoms with Gasteiger partial charge in [-0.1, -0.05) is 33.1 Å². The lowest BCUT2D eigenvalue weighted by atomic mass is 9.82. The fourth-order valence-electron chi connectivity index (χ4n) is 3.88. The molecule has 2 aliphatic rings. The quantitative estimate of drug-likeness (QED) is 0.724. The van der Waals surface area contributed by atoms with Crippen molar-refractivity contribution < 1.29 is 9.53 Å². The van der Waals surface area contributed by atoms with Gasteiger partial charge in [0.25, 0.3) is 0 Å². The molecule has 1 heterocycles. The third kappa shape index (κ3) is 2.71. The lowest BCUT2D eigenvalue weighted by molar-refractivity contribution is -0.146. The van der Waals surface area contributed by atoms with Gasteiger partial charge in [-0.05, 0) is 24.7 Å². The van der Waals surface area contributed by atoms with E-state index in [1.54, 1.807) is 0 Å². The maximum atomic E-state index is 11.8. The maximum Gasteiger partial charge on any atom is 0.310 e. The molecule has 2 rings (SSSR count). The topological polar surface area (TPSA) is 29.5 Å². The van der Waals surface area contributed by atoms with Crippen LogP contribution in [0.1, 0.15) is 46.0 Å². The van der Waals surface area contributed by atoms with E-state index in [-0.39, 0.29) is 11.9 Å². The van der Waals surface area contributed by atoms with Crippen molar-refractivity contribution in [3.05, 3.63) is 0 Å². The summed E-state index contributed by atoms with van der Waals surface area (Å²) in [6, 6.07) is 0.709. The number of hydrogen-bond donors (Lipinski definition) is 0. The summed E-state index contributed by atoms with van der Waals surface area (Å²) in [6.07, 6.45) is 6.71. The second-order valence-corrected chi connectivity index (χ2v) is 6.08. The molecule has 4 unspecified atom stereocenters. The lowest BCUT2D eigenvalue weighted by Crippen LogP contribution is -2.41. The summed E-state index contributed by atoms with van der Waals surface area (Å²) in [6.45, 7) is 6.47. The average molecular weight is 253 g/mol. The number of esters is 1. The summed E-state index contributed by atoms with van der Waals surface area (Å²) in [5, 5.41) is 0. The molecule has 3 nitrogen and oxygen atoms in total. The highest BCUT2D eigenvalue weighted by molar-refractivity contribution is 5.73.